The van der Waals surface area contributed by atoms with E-state index in [0.29, 0.717) is 19.3 Å². The summed E-state index contributed by atoms with van der Waals surface area (Å²) in [6, 6.07) is 0. The Bertz CT molecular complexity index is 407. The highest BCUT2D eigenvalue weighted by Gasteiger charge is 2.61. The number of carbonyl (C=O) groups excluding carboxylic acids is 2. The molecular formula is C15H25NO4. The molecule has 0 spiro atoms. The van der Waals surface area contributed by atoms with E-state index in [1.165, 1.54) is 0 Å². The Labute approximate surface area is 119 Å². The van der Waals surface area contributed by atoms with Gasteiger partial charge in [0.2, 0.25) is 0 Å². The van der Waals surface area contributed by atoms with Gasteiger partial charge in [-0.25, -0.2) is 0 Å². The summed E-state index contributed by atoms with van der Waals surface area (Å²) in [4.78, 5) is 23.5. The molecule has 0 saturated heterocycles. The Morgan fingerprint density at radius 2 is 2.20 bits per heavy atom. The molecule has 2 rings (SSSR count). The van der Waals surface area contributed by atoms with Gasteiger partial charge in [-0.15, -0.1) is 0 Å². The molecular weight excluding hydrogens is 258 g/mol. The first-order chi connectivity index (χ1) is 9.31. The van der Waals surface area contributed by atoms with Crippen molar-refractivity contribution in [2.45, 2.75) is 52.2 Å². The first kappa shape index (κ1) is 15.4. The van der Waals surface area contributed by atoms with Crippen molar-refractivity contribution in [3.05, 3.63) is 0 Å². The number of carbonyl (C=O) groups is 2. The second-order valence-corrected chi connectivity index (χ2v) is 6.96. The largest absolute Gasteiger partial charge is 0.459 e. The summed E-state index contributed by atoms with van der Waals surface area (Å²) in [5.74, 6) is -0.418. The maximum absolute atomic E-state index is 12.1. The van der Waals surface area contributed by atoms with E-state index in [9.17, 15) is 14.7 Å². The van der Waals surface area contributed by atoms with Crippen LogP contribution in [0.4, 0.5) is 0 Å². The maximum Gasteiger partial charge on any atom is 0.311 e. The van der Waals surface area contributed by atoms with Crippen molar-refractivity contribution >= 4 is 12.3 Å². The normalized spacial score (nSPS) is 39.9. The number of aliphatic hydroxyl groups is 1. The van der Waals surface area contributed by atoms with Crippen molar-refractivity contribution in [1.82, 2.24) is 0 Å². The molecule has 2 fully saturated rings. The summed E-state index contributed by atoms with van der Waals surface area (Å²) in [5.41, 5.74) is 4.54. The fourth-order valence-electron chi connectivity index (χ4n) is 3.53. The van der Waals surface area contributed by atoms with Crippen LogP contribution in [-0.2, 0) is 14.3 Å². The van der Waals surface area contributed by atoms with Crippen LogP contribution in [0.2, 0.25) is 0 Å². The molecule has 5 unspecified atom stereocenters. The molecule has 2 saturated carbocycles. The van der Waals surface area contributed by atoms with E-state index in [1.807, 2.05) is 20.8 Å². The predicted octanol–water partition coefficient (Wildman–Crippen LogP) is 0.879. The standard InChI is InChI=1S/C15H25NO4/c1-4-14(2,3)13(19)20-12-9-5-10(11(12)18)15(6-9,7-16)8-17/h8-12,18H,4-7,16H2,1-3H3. The lowest BCUT2D eigenvalue weighted by molar-refractivity contribution is -0.172. The predicted molar refractivity (Wildman–Crippen MR) is 73.7 cm³/mol. The minimum absolute atomic E-state index is 0.0420. The molecule has 5 heteroatoms. The minimum atomic E-state index is -0.779. The summed E-state index contributed by atoms with van der Waals surface area (Å²) in [6.45, 7) is 5.86. The lowest BCUT2D eigenvalue weighted by atomic mass is 9.72. The molecule has 0 heterocycles. The molecule has 0 aromatic rings. The summed E-state index contributed by atoms with van der Waals surface area (Å²) >= 11 is 0. The van der Waals surface area contributed by atoms with Crippen LogP contribution in [0.5, 0.6) is 0 Å². The van der Waals surface area contributed by atoms with Crippen molar-refractivity contribution in [2.24, 2.45) is 28.4 Å². The van der Waals surface area contributed by atoms with Gasteiger partial charge in [-0.05, 0) is 39.0 Å². The maximum atomic E-state index is 12.1. The van der Waals surface area contributed by atoms with E-state index in [4.69, 9.17) is 10.5 Å². The third-order valence-corrected chi connectivity index (χ3v) is 5.45. The second kappa shape index (κ2) is 5.11. The van der Waals surface area contributed by atoms with Crippen molar-refractivity contribution in [2.75, 3.05) is 6.54 Å². The number of esters is 1. The van der Waals surface area contributed by atoms with Crippen molar-refractivity contribution in [3.63, 3.8) is 0 Å². The minimum Gasteiger partial charge on any atom is -0.459 e. The molecule has 2 aliphatic rings. The van der Waals surface area contributed by atoms with Crippen LogP contribution >= 0.6 is 0 Å². The number of aliphatic hydroxyl groups excluding tert-OH is 1. The van der Waals surface area contributed by atoms with Crippen molar-refractivity contribution < 1.29 is 19.4 Å². The van der Waals surface area contributed by atoms with Gasteiger partial charge in [0.15, 0.2) is 0 Å². The van der Waals surface area contributed by atoms with Gasteiger partial charge in [0.25, 0.3) is 0 Å². The average Bonchev–Trinajstić information content (AvgIpc) is 2.96. The van der Waals surface area contributed by atoms with E-state index in [-0.39, 0.29) is 24.3 Å². The van der Waals surface area contributed by atoms with Gasteiger partial charge in [-0.3, -0.25) is 4.79 Å². The molecule has 0 aliphatic heterocycles. The highest BCUT2D eigenvalue weighted by molar-refractivity contribution is 5.76. The summed E-state index contributed by atoms with van der Waals surface area (Å²) < 4.78 is 5.55. The number of hydrogen-bond acceptors (Lipinski definition) is 5. The Balaban J connectivity index is 2.09. The molecule has 2 bridgehead atoms. The fraction of sp³-hybridized carbons (Fsp3) is 0.867. The van der Waals surface area contributed by atoms with E-state index < -0.39 is 23.0 Å². The van der Waals surface area contributed by atoms with Gasteiger partial charge in [-0.2, -0.15) is 0 Å². The SMILES string of the molecule is CCC(C)(C)C(=O)OC1C2CC(C1O)C(C=O)(CN)C2. The molecule has 5 nitrogen and oxygen atoms in total. The van der Waals surface area contributed by atoms with E-state index in [2.05, 4.69) is 0 Å². The van der Waals surface area contributed by atoms with Gasteiger partial charge in [0.05, 0.1) is 11.5 Å². The molecule has 0 radical (unpaired) electrons. The number of ether oxygens (including phenoxy) is 1. The van der Waals surface area contributed by atoms with Crippen LogP contribution in [0.3, 0.4) is 0 Å². The molecule has 0 amide bonds. The monoisotopic (exact) mass is 283 g/mol. The number of nitrogens with two attached hydrogens (primary N) is 1. The smallest absolute Gasteiger partial charge is 0.311 e. The number of hydrogen-bond donors (Lipinski definition) is 2. The van der Waals surface area contributed by atoms with Crippen LogP contribution in [0.15, 0.2) is 0 Å². The van der Waals surface area contributed by atoms with Gasteiger partial charge in [-0.1, -0.05) is 6.92 Å². The third-order valence-electron chi connectivity index (χ3n) is 5.45. The van der Waals surface area contributed by atoms with Crippen LogP contribution < -0.4 is 5.73 Å². The van der Waals surface area contributed by atoms with Crippen LogP contribution in [0, 0.1) is 22.7 Å². The molecule has 3 N–H and O–H groups in total. The Morgan fingerprint density at radius 1 is 1.55 bits per heavy atom. The van der Waals surface area contributed by atoms with Gasteiger partial charge in [0.1, 0.15) is 12.4 Å². The van der Waals surface area contributed by atoms with Gasteiger partial charge >= 0.3 is 5.97 Å². The Hall–Kier alpha value is -0.940. The average molecular weight is 283 g/mol. The molecule has 5 atom stereocenters. The summed E-state index contributed by atoms with van der Waals surface area (Å²) in [7, 11) is 0. The van der Waals surface area contributed by atoms with E-state index >= 15 is 0 Å². The zero-order valence-electron chi connectivity index (χ0n) is 12.5. The van der Waals surface area contributed by atoms with Crippen LogP contribution in [0.1, 0.15) is 40.0 Å². The van der Waals surface area contributed by atoms with Crippen LogP contribution in [-0.4, -0.2) is 36.1 Å². The first-order valence-corrected chi connectivity index (χ1v) is 7.37. The third kappa shape index (κ3) is 2.17. The molecule has 0 aromatic heterocycles. The Morgan fingerprint density at radius 3 is 2.65 bits per heavy atom. The van der Waals surface area contributed by atoms with Crippen molar-refractivity contribution in [1.29, 1.82) is 0 Å². The zero-order valence-corrected chi connectivity index (χ0v) is 12.5. The number of rotatable bonds is 5. The zero-order chi connectivity index (χ0) is 15.1. The lowest BCUT2D eigenvalue weighted by Gasteiger charge is -2.38. The Kier molecular flexibility index (Phi) is 3.95. The summed E-state index contributed by atoms with van der Waals surface area (Å²) in [5, 5.41) is 10.4. The lowest BCUT2D eigenvalue weighted by Crippen LogP contribution is -2.50. The van der Waals surface area contributed by atoms with E-state index in [1.54, 1.807) is 0 Å². The number of fused-ring (bicyclic) bond motifs is 2. The molecule has 20 heavy (non-hydrogen) atoms. The highest BCUT2D eigenvalue weighted by Crippen LogP contribution is 2.55. The quantitative estimate of drug-likeness (QED) is 0.577. The highest BCUT2D eigenvalue weighted by atomic mass is 16.6. The van der Waals surface area contributed by atoms with Gasteiger partial charge in [0, 0.05) is 17.9 Å². The first-order valence-electron chi connectivity index (χ1n) is 7.37. The van der Waals surface area contributed by atoms with Crippen LogP contribution in [0.25, 0.3) is 0 Å². The van der Waals surface area contributed by atoms with Crippen molar-refractivity contribution in [3.8, 4) is 0 Å². The topological polar surface area (TPSA) is 89.6 Å². The number of aldehydes is 1. The van der Waals surface area contributed by atoms with E-state index in [0.717, 1.165) is 6.29 Å². The molecule has 0 aromatic carbocycles. The molecule has 114 valence electrons. The molecule has 2 aliphatic carbocycles. The second-order valence-electron chi connectivity index (χ2n) is 6.96. The van der Waals surface area contributed by atoms with Gasteiger partial charge < -0.3 is 20.4 Å². The summed E-state index contributed by atoms with van der Waals surface area (Å²) in [6.07, 6.45) is 1.62. The fourth-order valence-corrected chi connectivity index (χ4v) is 3.53.